The summed E-state index contributed by atoms with van der Waals surface area (Å²) < 4.78 is 11.4. The van der Waals surface area contributed by atoms with Gasteiger partial charge in [-0.25, -0.2) is 0 Å². The lowest BCUT2D eigenvalue weighted by molar-refractivity contribution is 0.102. The van der Waals surface area contributed by atoms with Crippen molar-refractivity contribution in [3.05, 3.63) is 51.6 Å². The first-order valence-corrected chi connectivity index (χ1v) is 7.00. The number of rotatable bonds is 4. The lowest BCUT2D eigenvalue weighted by atomic mass is 10.2. The number of hydrogen-bond donors (Lipinski definition) is 1. The number of carbonyl (C=O) groups excluding carboxylic acids is 1. The van der Waals surface area contributed by atoms with Crippen LogP contribution in [0.2, 0.25) is 0 Å². The van der Waals surface area contributed by atoms with Gasteiger partial charge in [0, 0.05) is 33.0 Å². The Kier molecular flexibility index (Phi) is 4.84. The van der Waals surface area contributed by atoms with Crippen LogP contribution in [0.3, 0.4) is 0 Å². The number of halogens is 1. The summed E-state index contributed by atoms with van der Waals surface area (Å²) in [5, 5.41) is 2.83. The molecular weight excluding hydrogens is 369 g/mol. The molecule has 0 heterocycles. The van der Waals surface area contributed by atoms with Gasteiger partial charge in [0.15, 0.2) is 0 Å². The first kappa shape index (κ1) is 14.6. The number of methoxy groups -OCH3 is 2. The van der Waals surface area contributed by atoms with E-state index >= 15 is 0 Å². The number of carbonyl (C=O) groups is 1. The van der Waals surface area contributed by atoms with E-state index in [2.05, 4.69) is 27.9 Å². The molecule has 0 fully saturated rings. The molecule has 0 atom stereocenters. The van der Waals surface area contributed by atoms with Gasteiger partial charge in [-0.3, -0.25) is 4.79 Å². The molecule has 104 valence electrons. The zero-order valence-electron chi connectivity index (χ0n) is 11.1. The third-order valence-corrected chi connectivity index (χ3v) is 3.43. The molecule has 0 saturated carbocycles. The summed E-state index contributed by atoms with van der Waals surface area (Å²) in [6, 6.07) is 12.6. The van der Waals surface area contributed by atoms with E-state index in [9.17, 15) is 4.79 Å². The molecule has 4 nitrogen and oxygen atoms in total. The maximum absolute atomic E-state index is 12.1. The monoisotopic (exact) mass is 383 g/mol. The van der Waals surface area contributed by atoms with Gasteiger partial charge in [0.25, 0.3) is 5.91 Å². The van der Waals surface area contributed by atoms with Crippen molar-refractivity contribution in [1.82, 2.24) is 0 Å². The van der Waals surface area contributed by atoms with Gasteiger partial charge in [0.2, 0.25) is 0 Å². The van der Waals surface area contributed by atoms with Crippen molar-refractivity contribution >= 4 is 34.2 Å². The SMILES string of the molecule is COc1cc(NC(=O)c2ccc(I)cc2)cc(OC)c1. The van der Waals surface area contributed by atoms with E-state index < -0.39 is 0 Å². The Morgan fingerprint density at radius 1 is 1.00 bits per heavy atom. The Balaban J connectivity index is 2.20. The summed E-state index contributed by atoms with van der Waals surface area (Å²) in [6.45, 7) is 0. The first-order valence-electron chi connectivity index (χ1n) is 5.92. The topological polar surface area (TPSA) is 47.6 Å². The van der Waals surface area contributed by atoms with E-state index in [-0.39, 0.29) is 5.91 Å². The van der Waals surface area contributed by atoms with Crippen LogP contribution in [0.5, 0.6) is 11.5 Å². The van der Waals surface area contributed by atoms with Crippen LogP contribution in [-0.2, 0) is 0 Å². The molecule has 2 aromatic carbocycles. The zero-order chi connectivity index (χ0) is 14.5. The molecule has 0 unspecified atom stereocenters. The summed E-state index contributed by atoms with van der Waals surface area (Å²) in [7, 11) is 3.14. The van der Waals surface area contributed by atoms with Crippen LogP contribution >= 0.6 is 22.6 Å². The van der Waals surface area contributed by atoms with Crippen molar-refractivity contribution in [2.24, 2.45) is 0 Å². The molecule has 0 aliphatic heterocycles. The molecule has 20 heavy (non-hydrogen) atoms. The normalized spacial score (nSPS) is 9.95. The highest BCUT2D eigenvalue weighted by atomic mass is 127. The Bertz CT molecular complexity index is 589. The number of ether oxygens (including phenoxy) is 2. The van der Waals surface area contributed by atoms with Gasteiger partial charge in [-0.1, -0.05) is 0 Å². The highest BCUT2D eigenvalue weighted by Gasteiger charge is 2.08. The van der Waals surface area contributed by atoms with E-state index in [4.69, 9.17) is 9.47 Å². The second-order valence-electron chi connectivity index (χ2n) is 4.06. The van der Waals surface area contributed by atoms with Gasteiger partial charge >= 0.3 is 0 Å². The van der Waals surface area contributed by atoms with E-state index in [1.54, 1.807) is 44.6 Å². The molecule has 2 aromatic rings. The molecule has 1 amide bonds. The molecule has 0 aromatic heterocycles. The van der Waals surface area contributed by atoms with Gasteiger partial charge in [-0.05, 0) is 46.9 Å². The van der Waals surface area contributed by atoms with E-state index in [1.807, 2.05) is 12.1 Å². The Labute approximate surface area is 131 Å². The Hall–Kier alpha value is -1.76. The Morgan fingerprint density at radius 2 is 1.55 bits per heavy atom. The third-order valence-electron chi connectivity index (χ3n) is 2.72. The van der Waals surface area contributed by atoms with Crippen LogP contribution in [0.25, 0.3) is 0 Å². The summed E-state index contributed by atoms with van der Waals surface area (Å²) in [4.78, 5) is 12.1. The lowest BCUT2D eigenvalue weighted by Crippen LogP contribution is -2.11. The molecule has 0 radical (unpaired) electrons. The maximum Gasteiger partial charge on any atom is 0.255 e. The highest BCUT2D eigenvalue weighted by molar-refractivity contribution is 14.1. The third kappa shape index (κ3) is 3.63. The van der Waals surface area contributed by atoms with E-state index in [0.29, 0.717) is 22.7 Å². The van der Waals surface area contributed by atoms with E-state index in [1.165, 1.54) is 0 Å². The second kappa shape index (κ2) is 6.60. The standard InChI is InChI=1S/C15H14INO3/c1-19-13-7-12(8-14(9-13)20-2)17-15(18)10-3-5-11(16)6-4-10/h3-9H,1-2H3,(H,17,18). The van der Waals surface area contributed by atoms with Crippen molar-refractivity contribution in [2.75, 3.05) is 19.5 Å². The Morgan fingerprint density at radius 3 is 2.05 bits per heavy atom. The summed E-state index contributed by atoms with van der Waals surface area (Å²) in [5.74, 6) is 1.08. The van der Waals surface area contributed by atoms with E-state index in [0.717, 1.165) is 3.57 Å². The first-order chi connectivity index (χ1) is 9.62. The molecule has 0 aliphatic carbocycles. The van der Waals surface area contributed by atoms with Crippen molar-refractivity contribution in [3.8, 4) is 11.5 Å². The molecule has 2 rings (SSSR count). The number of nitrogens with one attached hydrogen (secondary N) is 1. The number of benzene rings is 2. The molecule has 5 heteroatoms. The molecule has 0 aliphatic rings. The van der Waals surface area contributed by atoms with Crippen LogP contribution in [0.4, 0.5) is 5.69 Å². The quantitative estimate of drug-likeness (QED) is 0.822. The van der Waals surface area contributed by atoms with Gasteiger partial charge in [-0.15, -0.1) is 0 Å². The fourth-order valence-corrected chi connectivity index (χ4v) is 2.04. The minimum atomic E-state index is -0.170. The number of hydrogen-bond acceptors (Lipinski definition) is 3. The van der Waals surface area contributed by atoms with Crippen LogP contribution in [-0.4, -0.2) is 20.1 Å². The molecular formula is C15H14INO3. The van der Waals surface area contributed by atoms with Gasteiger partial charge in [0.1, 0.15) is 11.5 Å². The zero-order valence-corrected chi connectivity index (χ0v) is 13.3. The summed E-state index contributed by atoms with van der Waals surface area (Å²) in [5.41, 5.74) is 1.23. The average Bonchev–Trinajstić information content (AvgIpc) is 2.47. The van der Waals surface area contributed by atoms with Crippen molar-refractivity contribution in [3.63, 3.8) is 0 Å². The lowest BCUT2D eigenvalue weighted by Gasteiger charge is -2.10. The molecule has 0 saturated heterocycles. The molecule has 0 spiro atoms. The van der Waals surface area contributed by atoms with Crippen LogP contribution in [0.1, 0.15) is 10.4 Å². The summed E-state index contributed by atoms with van der Waals surface area (Å²) >= 11 is 2.20. The fourth-order valence-electron chi connectivity index (χ4n) is 1.68. The number of amides is 1. The minimum Gasteiger partial charge on any atom is -0.497 e. The summed E-state index contributed by atoms with van der Waals surface area (Å²) in [6.07, 6.45) is 0. The number of anilines is 1. The van der Waals surface area contributed by atoms with Crippen molar-refractivity contribution in [2.45, 2.75) is 0 Å². The molecule has 0 bridgehead atoms. The van der Waals surface area contributed by atoms with Crippen molar-refractivity contribution < 1.29 is 14.3 Å². The maximum atomic E-state index is 12.1. The second-order valence-corrected chi connectivity index (χ2v) is 5.31. The van der Waals surface area contributed by atoms with Crippen LogP contribution < -0.4 is 14.8 Å². The largest absolute Gasteiger partial charge is 0.497 e. The predicted octanol–water partition coefficient (Wildman–Crippen LogP) is 3.56. The van der Waals surface area contributed by atoms with Gasteiger partial charge in [0.05, 0.1) is 14.2 Å². The fraction of sp³-hybridized carbons (Fsp3) is 0.133. The van der Waals surface area contributed by atoms with Crippen LogP contribution in [0.15, 0.2) is 42.5 Å². The average molecular weight is 383 g/mol. The smallest absolute Gasteiger partial charge is 0.255 e. The highest BCUT2D eigenvalue weighted by Crippen LogP contribution is 2.26. The predicted molar refractivity (Wildman–Crippen MR) is 86.7 cm³/mol. The minimum absolute atomic E-state index is 0.170. The van der Waals surface area contributed by atoms with Gasteiger partial charge in [-0.2, -0.15) is 0 Å². The van der Waals surface area contributed by atoms with Gasteiger partial charge < -0.3 is 14.8 Å². The molecule has 1 N–H and O–H groups in total. The van der Waals surface area contributed by atoms with Crippen LogP contribution in [0, 0.1) is 3.57 Å². The van der Waals surface area contributed by atoms with Crippen molar-refractivity contribution in [1.29, 1.82) is 0 Å².